The number of carboxylic acids is 1. The summed E-state index contributed by atoms with van der Waals surface area (Å²) < 4.78 is 28.6. The smallest absolute Gasteiger partial charge is 0.303 e. The molecule has 52 heavy (non-hydrogen) atoms. The van der Waals surface area contributed by atoms with Gasteiger partial charge in [-0.2, -0.15) is 4.72 Å². The van der Waals surface area contributed by atoms with Crippen LogP contribution in [0.5, 0.6) is 0 Å². The molecule has 4 amide bonds. The minimum absolute atomic E-state index is 0.0437. The first-order chi connectivity index (χ1) is 24.4. The third-order valence-corrected chi connectivity index (χ3v) is 9.21. The van der Waals surface area contributed by atoms with Crippen molar-refractivity contribution < 1.29 is 42.4 Å². The molecule has 4 atom stereocenters. The predicted octanol–water partition coefficient (Wildman–Crippen LogP) is 0.239. The van der Waals surface area contributed by atoms with Crippen LogP contribution in [0.25, 0.3) is 0 Å². The van der Waals surface area contributed by atoms with Gasteiger partial charge in [-0.15, -0.1) is 0 Å². The van der Waals surface area contributed by atoms with E-state index in [-0.39, 0.29) is 41.6 Å². The molecule has 0 spiro atoms. The number of aryl methyl sites for hydroxylation is 1. The molecule has 10 N–H and O–H groups in total. The number of benzene rings is 2. The van der Waals surface area contributed by atoms with Crippen LogP contribution in [0.3, 0.4) is 0 Å². The van der Waals surface area contributed by atoms with Crippen molar-refractivity contribution in [2.45, 2.75) is 75.9 Å². The Balaban J connectivity index is 2.17. The number of nitrogens with two attached hydrogens (primary N) is 2. The molecule has 0 aliphatic rings. The highest BCUT2D eigenvalue weighted by Gasteiger charge is 2.33. The van der Waals surface area contributed by atoms with Crippen LogP contribution in [0.1, 0.15) is 51.5 Å². The Kier molecular flexibility index (Phi) is 16.6. The van der Waals surface area contributed by atoms with Gasteiger partial charge in [0.1, 0.15) is 18.1 Å². The largest absolute Gasteiger partial charge is 0.481 e. The van der Waals surface area contributed by atoms with E-state index in [1.807, 2.05) is 0 Å². The minimum atomic E-state index is -4.17. The fourth-order valence-electron chi connectivity index (χ4n) is 4.62. The summed E-state index contributed by atoms with van der Waals surface area (Å²) in [7, 11) is -4.17. The number of nitro benzene ring substituents is 1. The van der Waals surface area contributed by atoms with Crippen molar-refractivity contribution in [3.8, 4) is 0 Å². The Labute approximate surface area is 300 Å². The first kappa shape index (κ1) is 42.5. The summed E-state index contributed by atoms with van der Waals surface area (Å²) in [5.41, 5.74) is 11.5. The molecule has 0 bridgehead atoms. The Morgan fingerprint density at radius 1 is 0.923 bits per heavy atom. The van der Waals surface area contributed by atoms with E-state index in [1.165, 1.54) is 36.4 Å². The Morgan fingerprint density at radius 3 is 2.10 bits per heavy atom. The van der Waals surface area contributed by atoms with E-state index in [2.05, 4.69) is 31.0 Å². The van der Waals surface area contributed by atoms with Gasteiger partial charge in [-0.3, -0.25) is 39.1 Å². The molecule has 0 aromatic heterocycles. The first-order valence-corrected chi connectivity index (χ1v) is 17.7. The van der Waals surface area contributed by atoms with Crippen LogP contribution in [-0.2, 0) is 34.0 Å². The van der Waals surface area contributed by atoms with E-state index in [9.17, 15) is 47.6 Å². The molecule has 0 saturated heterocycles. The van der Waals surface area contributed by atoms with Gasteiger partial charge in [0.25, 0.3) is 5.69 Å². The van der Waals surface area contributed by atoms with Crippen molar-refractivity contribution in [3.05, 3.63) is 64.2 Å². The molecule has 2 rings (SSSR count). The molecule has 0 aliphatic heterocycles. The Morgan fingerprint density at radius 2 is 1.54 bits per heavy atom. The lowest BCUT2D eigenvalue weighted by molar-refractivity contribution is -0.384. The van der Waals surface area contributed by atoms with Gasteiger partial charge in [0.2, 0.25) is 33.7 Å². The number of hydrogen-bond acceptors (Lipinski definition) is 10. The number of anilines is 1. The highest BCUT2D eigenvalue weighted by Crippen LogP contribution is 2.17. The molecular weight excluding hydrogens is 702 g/mol. The second-order valence-corrected chi connectivity index (χ2v) is 13.6. The molecule has 2 aromatic rings. The number of rotatable bonds is 21. The average molecular weight is 748 g/mol. The van der Waals surface area contributed by atoms with Gasteiger partial charge < -0.3 is 37.8 Å². The van der Waals surface area contributed by atoms with Gasteiger partial charge in [-0.05, 0) is 56.4 Å². The summed E-state index contributed by atoms with van der Waals surface area (Å²) in [5, 5.41) is 30.0. The molecule has 0 aliphatic carbocycles. The van der Waals surface area contributed by atoms with Crippen molar-refractivity contribution in [3.63, 3.8) is 0 Å². The Bertz CT molecular complexity index is 1710. The van der Waals surface area contributed by atoms with E-state index in [4.69, 9.17) is 11.5 Å². The number of nitrogens with one attached hydrogen (secondary N) is 5. The van der Waals surface area contributed by atoms with Gasteiger partial charge in [-0.25, -0.2) is 8.42 Å². The fraction of sp³-hybridized carbons (Fsp3) is 0.438. The van der Waals surface area contributed by atoms with Crippen LogP contribution < -0.4 is 37.5 Å². The maximum absolute atomic E-state index is 13.4. The summed E-state index contributed by atoms with van der Waals surface area (Å²) in [4.78, 5) is 78.1. The number of carboxylic acid groups (broad SMARTS) is 1. The second-order valence-electron chi connectivity index (χ2n) is 11.9. The molecule has 284 valence electrons. The molecule has 20 heteroatoms. The first-order valence-electron chi connectivity index (χ1n) is 16.2. The Hall–Kier alpha value is -5.63. The maximum atomic E-state index is 13.4. The number of hydrogen-bond donors (Lipinski definition) is 8. The van der Waals surface area contributed by atoms with Crippen molar-refractivity contribution in [2.24, 2.45) is 22.4 Å². The van der Waals surface area contributed by atoms with Crippen LogP contribution in [-0.4, -0.2) is 85.2 Å². The number of carbonyl (C=O) groups excluding carboxylic acids is 4. The number of guanidine groups is 1. The molecule has 0 saturated carbocycles. The van der Waals surface area contributed by atoms with Gasteiger partial charge >= 0.3 is 5.97 Å². The molecule has 2 aromatic carbocycles. The number of nitro groups is 1. The van der Waals surface area contributed by atoms with E-state index in [0.29, 0.717) is 6.42 Å². The minimum Gasteiger partial charge on any atom is -0.481 e. The number of non-ortho nitro benzene ring substituents is 1. The highest BCUT2D eigenvalue weighted by atomic mass is 32.2. The van der Waals surface area contributed by atoms with E-state index < -0.39 is 88.0 Å². The monoisotopic (exact) mass is 747 g/mol. The lowest BCUT2D eigenvalue weighted by Crippen LogP contribution is -2.56. The number of amides is 4. The third-order valence-electron chi connectivity index (χ3n) is 7.75. The highest BCUT2D eigenvalue weighted by molar-refractivity contribution is 7.89. The summed E-state index contributed by atoms with van der Waals surface area (Å²) in [6.07, 6.45) is -0.281. The van der Waals surface area contributed by atoms with E-state index >= 15 is 0 Å². The van der Waals surface area contributed by atoms with Gasteiger partial charge in [0, 0.05) is 30.8 Å². The number of sulfonamides is 1. The SMILES string of the molecule is CC[C@H](C)[C@H](NS(=O)(=O)c1ccc(C)cc1)C(=O)N[C@@H](CCC(=O)O)C(=O)NCC(=O)N[C@@H](CCCN=C(N)N)C(=O)Nc1ccc([N+](=O)[O-])cc1. The molecule has 0 radical (unpaired) electrons. The molecule has 0 fully saturated rings. The van der Waals surface area contributed by atoms with Crippen molar-refractivity contribution in [1.82, 2.24) is 20.7 Å². The summed E-state index contributed by atoms with van der Waals surface area (Å²) in [6.45, 7) is 4.58. The number of carbonyl (C=O) groups is 5. The van der Waals surface area contributed by atoms with Crippen LogP contribution in [0, 0.1) is 23.0 Å². The van der Waals surface area contributed by atoms with Gasteiger partial charge in [-0.1, -0.05) is 38.0 Å². The van der Waals surface area contributed by atoms with Gasteiger partial charge in [0.05, 0.1) is 16.4 Å². The normalized spacial score (nSPS) is 13.4. The van der Waals surface area contributed by atoms with Crippen LogP contribution in [0.4, 0.5) is 11.4 Å². The van der Waals surface area contributed by atoms with E-state index in [0.717, 1.165) is 5.56 Å². The van der Waals surface area contributed by atoms with Crippen molar-refractivity contribution in [1.29, 1.82) is 0 Å². The fourth-order valence-corrected chi connectivity index (χ4v) is 5.92. The number of aliphatic imine (C=N–C) groups is 1. The lowest BCUT2D eigenvalue weighted by Gasteiger charge is -2.26. The quantitative estimate of drug-likeness (QED) is 0.0280. The summed E-state index contributed by atoms with van der Waals surface area (Å²) in [5.74, 6) is -5.33. The topological polar surface area (TPSA) is 307 Å². The zero-order chi connectivity index (χ0) is 39.0. The van der Waals surface area contributed by atoms with Crippen molar-refractivity contribution in [2.75, 3.05) is 18.4 Å². The number of aliphatic carboxylic acids is 1. The zero-order valence-corrected chi connectivity index (χ0v) is 29.8. The molecule has 0 unspecified atom stereocenters. The zero-order valence-electron chi connectivity index (χ0n) is 29.0. The standard InChI is InChI=1S/C32H45N9O10S/c1-4-20(3)28(40-52(50,51)23-13-7-19(2)8-14-23)31(47)39-25(15-16-27(43)44)29(45)36-18-26(42)38-24(6-5-17-35-32(33)34)30(46)37-21-9-11-22(12-10-21)41(48)49/h7-14,20,24-25,28,40H,4-6,15-18H2,1-3H3,(H,36,45)(H,37,46)(H,38,42)(H,39,47)(H,43,44)(H4,33,34,35)/t20-,24-,25-,28-/m0/s1. The lowest BCUT2D eigenvalue weighted by atomic mass is 9.98. The molecule has 0 heterocycles. The van der Waals surface area contributed by atoms with Crippen LogP contribution in [0.2, 0.25) is 0 Å². The predicted molar refractivity (Wildman–Crippen MR) is 190 cm³/mol. The van der Waals surface area contributed by atoms with Gasteiger partial charge in [0.15, 0.2) is 5.96 Å². The maximum Gasteiger partial charge on any atom is 0.303 e. The van der Waals surface area contributed by atoms with Crippen molar-refractivity contribution >= 4 is 57.0 Å². The van der Waals surface area contributed by atoms with E-state index in [1.54, 1.807) is 32.9 Å². The second kappa shape index (κ2) is 20.3. The van der Waals surface area contributed by atoms with Crippen LogP contribution >= 0.6 is 0 Å². The molecule has 19 nitrogen and oxygen atoms in total. The summed E-state index contributed by atoms with van der Waals surface area (Å²) in [6, 6.07) is 6.93. The summed E-state index contributed by atoms with van der Waals surface area (Å²) >= 11 is 0. The molecular formula is C32H45N9O10S. The average Bonchev–Trinajstić information content (AvgIpc) is 3.08. The third kappa shape index (κ3) is 14.3. The number of nitrogens with zero attached hydrogens (tertiary/aromatic N) is 2. The van der Waals surface area contributed by atoms with Crippen LogP contribution in [0.15, 0.2) is 58.4 Å².